The van der Waals surface area contributed by atoms with Gasteiger partial charge in [0.25, 0.3) is 0 Å². The highest BCUT2D eigenvalue weighted by molar-refractivity contribution is 14.0. The number of aliphatic imine (C=N–C) groups is 1. The van der Waals surface area contributed by atoms with E-state index in [9.17, 15) is 0 Å². The van der Waals surface area contributed by atoms with Crippen LogP contribution in [0.25, 0.3) is 0 Å². The van der Waals surface area contributed by atoms with Crippen molar-refractivity contribution in [1.29, 1.82) is 0 Å². The van der Waals surface area contributed by atoms with E-state index in [-0.39, 0.29) is 24.0 Å². The summed E-state index contributed by atoms with van der Waals surface area (Å²) in [7, 11) is 0. The van der Waals surface area contributed by atoms with Gasteiger partial charge in [-0.25, -0.2) is 4.98 Å². The number of aromatic nitrogens is 2. The van der Waals surface area contributed by atoms with Crippen LogP contribution in [-0.2, 0) is 11.3 Å². The minimum Gasteiger partial charge on any atom is -0.379 e. The van der Waals surface area contributed by atoms with Crippen molar-refractivity contribution in [2.24, 2.45) is 4.99 Å². The molecule has 1 saturated heterocycles. The van der Waals surface area contributed by atoms with Crippen molar-refractivity contribution in [3.05, 3.63) is 18.2 Å². The summed E-state index contributed by atoms with van der Waals surface area (Å²) in [5.41, 5.74) is 0. The van der Waals surface area contributed by atoms with Gasteiger partial charge >= 0.3 is 0 Å². The molecular weight excluding hydrogens is 443 g/mol. The van der Waals surface area contributed by atoms with Crippen LogP contribution in [0.5, 0.6) is 0 Å². The van der Waals surface area contributed by atoms with Crippen molar-refractivity contribution in [2.75, 3.05) is 45.9 Å². The average Bonchev–Trinajstić information content (AvgIpc) is 3.04. The van der Waals surface area contributed by atoms with Gasteiger partial charge in [0.05, 0.1) is 19.8 Å². The van der Waals surface area contributed by atoms with Crippen LogP contribution >= 0.6 is 24.0 Å². The summed E-state index contributed by atoms with van der Waals surface area (Å²) in [4.78, 5) is 11.4. The van der Waals surface area contributed by atoms with Crippen LogP contribution in [0.2, 0.25) is 0 Å². The number of ether oxygens (including phenoxy) is 1. The number of morpholine rings is 1. The molecule has 0 aromatic carbocycles. The molecule has 1 fully saturated rings. The molecule has 150 valence electrons. The number of aryl methyl sites for hydroxylation is 2. The molecule has 0 aliphatic carbocycles. The van der Waals surface area contributed by atoms with Crippen LogP contribution in [0.15, 0.2) is 17.4 Å². The fourth-order valence-electron chi connectivity index (χ4n) is 2.95. The van der Waals surface area contributed by atoms with Crippen LogP contribution in [-0.4, -0.2) is 72.4 Å². The van der Waals surface area contributed by atoms with Gasteiger partial charge in [-0.05, 0) is 33.6 Å². The number of nitrogens with zero attached hydrogens (tertiary/aromatic N) is 4. The van der Waals surface area contributed by atoms with Crippen molar-refractivity contribution in [2.45, 2.75) is 46.2 Å². The van der Waals surface area contributed by atoms with Crippen molar-refractivity contribution in [3.63, 3.8) is 0 Å². The summed E-state index contributed by atoms with van der Waals surface area (Å²) >= 11 is 0. The zero-order chi connectivity index (χ0) is 17.9. The van der Waals surface area contributed by atoms with E-state index in [4.69, 9.17) is 9.73 Å². The maximum absolute atomic E-state index is 5.42. The zero-order valence-corrected chi connectivity index (χ0v) is 18.7. The summed E-state index contributed by atoms with van der Waals surface area (Å²) in [6, 6.07) is 0.448. The predicted octanol–water partition coefficient (Wildman–Crippen LogP) is 1.87. The fraction of sp³-hybridized carbons (Fsp3) is 0.778. The zero-order valence-electron chi connectivity index (χ0n) is 16.4. The highest BCUT2D eigenvalue weighted by Crippen LogP contribution is 2.04. The lowest BCUT2D eigenvalue weighted by Crippen LogP contribution is -2.44. The molecule has 1 unspecified atom stereocenters. The van der Waals surface area contributed by atoms with Crippen LogP contribution in [0.3, 0.4) is 0 Å². The monoisotopic (exact) mass is 478 g/mol. The number of unbranched alkanes of at least 4 members (excludes halogenated alkanes) is 1. The molecular formula is C18H35IN6O. The van der Waals surface area contributed by atoms with E-state index >= 15 is 0 Å². The number of imidazole rings is 1. The van der Waals surface area contributed by atoms with Gasteiger partial charge in [0, 0.05) is 51.2 Å². The lowest BCUT2D eigenvalue weighted by molar-refractivity contribution is 0.0220. The number of guanidine groups is 1. The summed E-state index contributed by atoms with van der Waals surface area (Å²) < 4.78 is 7.61. The third kappa shape index (κ3) is 8.22. The molecule has 8 heteroatoms. The molecule has 26 heavy (non-hydrogen) atoms. The molecule has 2 heterocycles. The first-order valence-electron chi connectivity index (χ1n) is 9.52. The van der Waals surface area contributed by atoms with Crippen molar-refractivity contribution >= 4 is 29.9 Å². The third-order valence-corrected chi connectivity index (χ3v) is 4.57. The molecule has 1 aliphatic heterocycles. The third-order valence-electron chi connectivity index (χ3n) is 4.57. The first-order chi connectivity index (χ1) is 12.2. The van der Waals surface area contributed by atoms with Gasteiger partial charge in [0.15, 0.2) is 5.96 Å². The second-order valence-corrected chi connectivity index (χ2v) is 6.52. The topological polar surface area (TPSA) is 66.7 Å². The Bertz CT molecular complexity index is 516. The first-order valence-corrected chi connectivity index (χ1v) is 9.52. The minimum atomic E-state index is 0. The quantitative estimate of drug-likeness (QED) is 0.246. The van der Waals surface area contributed by atoms with Crippen molar-refractivity contribution in [3.8, 4) is 0 Å². The molecule has 0 radical (unpaired) electrons. The number of nitrogens with one attached hydrogen (secondary N) is 2. The molecule has 1 aliphatic rings. The van der Waals surface area contributed by atoms with E-state index in [2.05, 4.69) is 38.9 Å². The number of hydrogen-bond donors (Lipinski definition) is 2. The molecule has 0 amide bonds. The van der Waals surface area contributed by atoms with E-state index in [1.807, 2.05) is 19.3 Å². The highest BCUT2D eigenvalue weighted by Gasteiger charge is 2.16. The van der Waals surface area contributed by atoms with E-state index in [1.54, 1.807) is 0 Å². The summed E-state index contributed by atoms with van der Waals surface area (Å²) in [5, 5.41) is 6.78. The molecule has 0 saturated carbocycles. The predicted molar refractivity (Wildman–Crippen MR) is 117 cm³/mol. The number of rotatable bonds is 9. The minimum absolute atomic E-state index is 0. The Hall–Kier alpha value is -0.870. The van der Waals surface area contributed by atoms with Gasteiger partial charge in [0.1, 0.15) is 5.82 Å². The largest absolute Gasteiger partial charge is 0.379 e. The first kappa shape index (κ1) is 23.2. The summed E-state index contributed by atoms with van der Waals surface area (Å²) in [5.74, 6) is 2.00. The Balaban J connectivity index is 0.00000338. The Labute approximate surface area is 175 Å². The average molecular weight is 478 g/mol. The normalized spacial score (nSPS) is 16.8. The van der Waals surface area contributed by atoms with Gasteiger partial charge in [0.2, 0.25) is 0 Å². The summed E-state index contributed by atoms with van der Waals surface area (Å²) in [6.07, 6.45) is 6.15. The molecule has 0 spiro atoms. The van der Waals surface area contributed by atoms with E-state index in [0.29, 0.717) is 6.04 Å². The van der Waals surface area contributed by atoms with Crippen LogP contribution in [0.1, 0.15) is 32.5 Å². The molecule has 1 aromatic heterocycles. The smallest absolute Gasteiger partial charge is 0.191 e. The fourth-order valence-corrected chi connectivity index (χ4v) is 2.95. The number of hydrogen-bond acceptors (Lipinski definition) is 4. The molecule has 7 nitrogen and oxygen atoms in total. The maximum Gasteiger partial charge on any atom is 0.191 e. The second-order valence-electron chi connectivity index (χ2n) is 6.52. The van der Waals surface area contributed by atoms with E-state index in [0.717, 1.165) is 77.1 Å². The number of halogens is 1. The highest BCUT2D eigenvalue weighted by atomic mass is 127. The second kappa shape index (κ2) is 13.3. The van der Waals surface area contributed by atoms with E-state index < -0.39 is 0 Å². The Morgan fingerprint density at radius 2 is 2.08 bits per heavy atom. The van der Waals surface area contributed by atoms with E-state index in [1.165, 1.54) is 0 Å². The maximum atomic E-state index is 5.42. The molecule has 0 bridgehead atoms. The summed E-state index contributed by atoms with van der Waals surface area (Å²) in [6.45, 7) is 13.7. The van der Waals surface area contributed by atoms with Crippen LogP contribution < -0.4 is 10.6 Å². The standard InChI is InChI=1S/C18H34N6O.HI/c1-4-19-18(22-15-16(2)23-11-13-25-14-12-23)21-7-5-6-9-24-10-8-20-17(24)3;/h8,10,16H,4-7,9,11-15H2,1-3H3,(H2,19,21,22);1H. The van der Waals surface area contributed by atoms with Gasteiger partial charge in [-0.2, -0.15) is 0 Å². The SMILES string of the molecule is CCNC(=NCC(C)N1CCOCC1)NCCCCn1ccnc1C.I. The van der Waals surface area contributed by atoms with Gasteiger partial charge in [-0.15, -0.1) is 24.0 Å². The lowest BCUT2D eigenvalue weighted by atomic mass is 10.2. The van der Waals surface area contributed by atoms with Crippen molar-refractivity contribution < 1.29 is 4.74 Å². The Kier molecular flexibility index (Phi) is 11.9. The molecule has 2 N–H and O–H groups in total. The Morgan fingerprint density at radius 1 is 1.31 bits per heavy atom. The van der Waals surface area contributed by atoms with Gasteiger partial charge in [-0.3, -0.25) is 9.89 Å². The van der Waals surface area contributed by atoms with Crippen molar-refractivity contribution in [1.82, 2.24) is 25.1 Å². The molecule has 1 aromatic rings. The van der Waals surface area contributed by atoms with Crippen LogP contribution in [0.4, 0.5) is 0 Å². The van der Waals surface area contributed by atoms with Gasteiger partial charge in [-0.1, -0.05) is 0 Å². The molecule has 2 rings (SSSR count). The lowest BCUT2D eigenvalue weighted by Gasteiger charge is -2.31. The van der Waals surface area contributed by atoms with Gasteiger partial charge < -0.3 is 19.9 Å². The molecule has 1 atom stereocenters. The van der Waals surface area contributed by atoms with Crippen LogP contribution in [0, 0.1) is 6.92 Å². The Morgan fingerprint density at radius 3 is 2.73 bits per heavy atom.